The smallest absolute Gasteiger partial charge is 0.0474 e. The molecule has 0 unspecified atom stereocenters. The first-order chi connectivity index (χ1) is 20.7. The van der Waals surface area contributed by atoms with Crippen LogP contribution in [0.1, 0.15) is 76.3 Å². The summed E-state index contributed by atoms with van der Waals surface area (Å²) in [4.78, 5) is 8.45. The highest BCUT2D eigenvalue weighted by Crippen LogP contribution is 2.42. The lowest BCUT2D eigenvalue weighted by Crippen LogP contribution is -1.85. The van der Waals surface area contributed by atoms with Crippen LogP contribution < -0.4 is 0 Å². The molecule has 0 radical (unpaired) electrons. The molecule has 0 spiro atoms. The first-order valence-corrected chi connectivity index (χ1v) is 19.0. The van der Waals surface area contributed by atoms with Gasteiger partial charge in [-0.25, -0.2) is 0 Å². The number of hydrogen-bond donors (Lipinski definition) is 0. The van der Waals surface area contributed by atoms with Gasteiger partial charge in [0.25, 0.3) is 0 Å². The molecule has 2 aromatic carbocycles. The normalized spacial score (nSPS) is 11.6. The highest BCUT2D eigenvalue weighted by atomic mass is 32.1. The summed E-state index contributed by atoms with van der Waals surface area (Å²) in [5.41, 5.74) is 5.68. The Morgan fingerprint density at radius 2 is 0.905 bits per heavy atom. The van der Waals surface area contributed by atoms with Crippen molar-refractivity contribution in [2.45, 2.75) is 78.1 Å². The summed E-state index contributed by atoms with van der Waals surface area (Å²) in [6.07, 6.45) is 12.9. The van der Waals surface area contributed by atoms with E-state index in [1.54, 1.807) is 0 Å². The van der Waals surface area contributed by atoms with Crippen molar-refractivity contribution in [1.29, 1.82) is 0 Å². The van der Waals surface area contributed by atoms with Crippen molar-refractivity contribution in [2.75, 3.05) is 0 Å². The summed E-state index contributed by atoms with van der Waals surface area (Å²) >= 11 is 7.66. The second-order valence-corrected chi connectivity index (χ2v) is 15.3. The summed E-state index contributed by atoms with van der Waals surface area (Å²) in [5, 5.41) is 7.15. The largest absolute Gasteiger partial charge is 0.143 e. The average molecular weight is 625 g/mol. The Morgan fingerprint density at radius 1 is 0.452 bits per heavy atom. The van der Waals surface area contributed by atoms with Crippen LogP contribution in [0.25, 0.3) is 51.2 Å². The van der Waals surface area contributed by atoms with Gasteiger partial charge in [-0.05, 0) is 118 Å². The van der Waals surface area contributed by atoms with Gasteiger partial charge in [-0.15, -0.1) is 45.3 Å². The van der Waals surface area contributed by atoms with E-state index in [0.29, 0.717) is 0 Å². The average Bonchev–Trinajstić information content (AvgIpc) is 3.83. The zero-order chi connectivity index (χ0) is 28.7. The molecule has 0 atom stereocenters. The molecule has 0 saturated heterocycles. The molecule has 6 rings (SSSR count). The molecule has 4 aromatic heterocycles. The zero-order valence-corrected chi connectivity index (χ0v) is 28.1. The second kappa shape index (κ2) is 14.3. The monoisotopic (exact) mass is 624 g/mol. The highest BCUT2D eigenvalue weighted by Gasteiger charge is 2.13. The van der Waals surface area contributed by atoms with Gasteiger partial charge in [0.15, 0.2) is 0 Å². The van der Waals surface area contributed by atoms with Crippen molar-refractivity contribution in [3.63, 3.8) is 0 Å². The summed E-state index contributed by atoms with van der Waals surface area (Å²) in [6, 6.07) is 27.9. The first kappa shape index (κ1) is 29.6. The Bertz CT molecular complexity index is 1590. The number of aryl methyl sites for hydroxylation is 2. The summed E-state index contributed by atoms with van der Waals surface area (Å²) in [5.74, 6) is 0. The SMILES string of the molecule is CCCCCCc1ccsc1-c1ccc(-c2ccc3cc(-c4ccc(-c5sccc5CCCCCC)s4)ccc3c2)s1. The molecular formula is C38H40S4. The molecule has 42 heavy (non-hydrogen) atoms. The van der Waals surface area contributed by atoms with Gasteiger partial charge in [-0.2, -0.15) is 0 Å². The van der Waals surface area contributed by atoms with Crippen molar-refractivity contribution in [1.82, 2.24) is 0 Å². The van der Waals surface area contributed by atoms with E-state index in [1.807, 2.05) is 45.3 Å². The molecule has 216 valence electrons. The number of rotatable bonds is 14. The van der Waals surface area contributed by atoms with Crippen LogP contribution in [-0.2, 0) is 12.8 Å². The zero-order valence-electron chi connectivity index (χ0n) is 24.8. The predicted molar refractivity (Wildman–Crippen MR) is 193 cm³/mol. The van der Waals surface area contributed by atoms with Gasteiger partial charge in [0.2, 0.25) is 0 Å². The number of unbranched alkanes of at least 4 members (excludes halogenated alkanes) is 6. The second-order valence-electron chi connectivity index (χ2n) is 11.3. The van der Waals surface area contributed by atoms with Crippen molar-refractivity contribution in [3.05, 3.63) is 94.7 Å². The molecule has 0 fully saturated rings. The molecule has 0 saturated carbocycles. The van der Waals surface area contributed by atoms with E-state index < -0.39 is 0 Å². The minimum Gasteiger partial charge on any atom is -0.143 e. The molecule has 0 aliphatic heterocycles. The van der Waals surface area contributed by atoms with Crippen molar-refractivity contribution in [2.24, 2.45) is 0 Å². The number of fused-ring (bicyclic) bond motifs is 1. The molecule has 0 N–H and O–H groups in total. The number of hydrogen-bond acceptors (Lipinski definition) is 4. The molecular weight excluding hydrogens is 585 g/mol. The maximum absolute atomic E-state index is 2.37. The van der Waals surface area contributed by atoms with Gasteiger partial charge >= 0.3 is 0 Å². The first-order valence-electron chi connectivity index (χ1n) is 15.6. The fourth-order valence-corrected chi connectivity index (χ4v) is 10.0. The van der Waals surface area contributed by atoms with E-state index in [2.05, 4.69) is 97.4 Å². The van der Waals surface area contributed by atoms with Gasteiger partial charge in [0, 0.05) is 29.3 Å². The Kier molecular flexibility index (Phi) is 10.1. The third-order valence-corrected chi connectivity index (χ3v) is 12.7. The van der Waals surface area contributed by atoms with Crippen molar-refractivity contribution in [3.8, 4) is 40.4 Å². The molecule has 0 amide bonds. The van der Waals surface area contributed by atoms with E-state index in [1.165, 1.54) is 126 Å². The summed E-state index contributed by atoms with van der Waals surface area (Å²) in [6.45, 7) is 4.57. The fourth-order valence-electron chi connectivity index (χ4n) is 5.76. The minimum absolute atomic E-state index is 1.20. The molecule has 0 bridgehead atoms. The van der Waals surface area contributed by atoms with Crippen LogP contribution in [0, 0.1) is 0 Å². The van der Waals surface area contributed by atoms with E-state index in [4.69, 9.17) is 0 Å². The third-order valence-electron chi connectivity index (χ3n) is 8.16. The number of thiophene rings is 4. The van der Waals surface area contributed by atoms with Gasteiger partial charge in [-0.3, -0.25) is 0 Å². The van der Waals surface area contributed by atoms with E-state index >= 15 is 0 Å². The fraction of sp³-hybridized carbons (Fsp3) is 0.316. The molecule has 0 aliphatic rings. The highest BCUT2D eigenvalue weighted by molar-refractivity contribution is 7.24. The Balaban J connectivity index is 1.17. The van der Waals surface area contributed by atoms with Crippen LogP contribution >= 0.6 is 45.3 Å². The van der Waals surface area contributed by atoms with E-state index in [9.17, 15) is 0 Å². The standard InChI is InChI=1S/C38H40S4/c1-3-5-7-9-11-27-21-23-39-37(27)35-19-17-33(41-35)31-15-13-30-26-32(16-14-29(30)25-31)34-18-20-36(42-34)38-28(22-24-40-38)12-10-8-6-4-2/h13-26H,3-12H2,1-2H3. The lowest BCUT2D eigenvalue weighted by Gasteiger charge is -2.05. The molecule has 4 heteroatoms. The van der Waals surface area contributed by atoms with Gasteiger partial charge < -0.3 is 0 Å². The van der Waals surface area contributed by atoms with Crippen LogP contribution in [-0.4, -0.2) is 0 Å². The van der Waals surface area contributed by atoms with E-state index in [0.717, 1.165) is 0 Å². The summed E-state index contributed by atoms with van der Waals surface area (Å²) in [7, 11) is 0. The van der Waals surface area contributed by atoms with Crippen LogP contribution in [0.5, 0.6) is 0 Å². The lowest BCUT2D eigenvalue weighted by molar-refractivity contribution is 0.668. The molecule has 4 heterocycles. The molecule has 6 aromatic rings. The Morgan fingerprint density at radius 3 is 1.36 bits per heavy atom. The Labute approximate surface area is 267 Å². The van der Waals surface area contributed by atoms with Crippen molar-refractivity contribution < 1.29 is 0 Å². The quantitative estimate of drug-likeness (QED) is 0.106. The van der Waals surface area contributed by atoms with Gasteiger partial charge in [0.05, 0.1) is 0 Å². The minimum atomic E-state index is 1.20. The van der Waals surface area contributed by atoms with E-state index in [-0.39, 0.29) is 0 Å². The van der Waals surface area contributed by atoms with Crippen LogP contribution in [0.15, 0.2) is 83.6 Å². The lowest BCUT2D eigenvalue weighted by atomic mass is 10.0. The van der Waals surface area contributed by atoms with Gasteiger partial charge in [-0.1, -0.05) is 76.6 Å². The number of benzene rings is 2. The maximum atomic E-state index is 2.37. The summed E-state index contributed by atoms with van der Waals surface area (Å²) < 4.78 is 0. The Hall–Kier alpha value is -2.50. The van der Waals surface area contributed by atoms with Crippen molar-refractivity contribution >= 4 is 56.1 Å². The molecule has 0 aliphatic carbocycles. The topological polar surface area (TPSA) is 0 Å². The maximum Gasteiger partial charge on any atom is 0.0474 e. The third kappa shape index (κ3) is 6.83. The van der Waals surface area contributed by atoms with Crippen LogP contribution in [0.3, 0.4) is 0 Å². The van der Waals surface area contributed by atoms with Crippen LogP contribution in [0.2, 0.25) is 0 Å². The predicted octanol–water partition coefficient (Wildman–Crippen LogP) is 14.0. The van der Waals surface area contributed by atoms with Gasteiger partial charge in [0.1, 0.15) is 0 Å². The molecule has 0 nitrogen and oxygen atoms in total. The van der Waals surface area contributed by atoms with Crippen LogP contribution in [0.4, 0.5) is 0 Å².